The van der Waals surface area contributed by atoms with E-state index in [-0.39, 0.29) is 23.0 Å². The van der Waals surface area contributed by atoms with Gasteiger partial charge in [0.05, 0.1) is 17.7 Å². The van der Waals surface area contributed by atoms with Crippen LogP contribution in [-0.4, -0.2) is 51.4 Å². The number of sulfonamides is 1. The van der Waals surface area contributed by atoms with Gasteiger partial charge < -0.3 is 15.0 Å². The first kappa shape index (κ1) is 29.2. The molecular formula is C28H32BrN3O5S. The van der Waals surface area contributed by atoms with Crippen LogP contribution in [0.5, 0.6) is 5.75 Å². The molecule has 0 aromatic heterocycles. The van der Waals surface area contributed by atoms with Gasteiger partial charge in [0.2, 0.25) is 11.8 Å². The van der Waals surface area contributed by atoms with Crippen molar-refractivity contribution in [2.45, 2.75) is 37.8 Å². The van der Waals surface area contributed by atoms with E-state index in [1.807, 2.05) is 31.2 Å². The Morgan fingerprint density at radius 1 is 1.00 bits per heavy atom. The molecule has 0 saturated carbocycles. The number of hydrogen-bond donors (Lipinski definition) is 1. The molecule has 10 heteroatoms. The average molecular weight is 603 g/mol. The number of anilines is 1. The Balaban J connectivity index is 2.02. The Morgan fingerprint density at radius 3 is 2.32 bits per heavy atom. The van der Waals surface area contributed by atoms with Crippen LogP contribution in [0.15, 0.2) is 88.2 Å². The van der Waals surface area contributed by atoms with Crippen LogP contribution in [0.4, 0.5) is 5.69 Å². The van der Waals surface area contributed by atoms with Gasteiger partial charge in [0.15, 0.2) is 0 Å². The zero-order valence-corrected chi connectivity index (χ0v) is 24.0. The van der Waals surface area contributed by atoms with Crippen LogP contribution < -0.4 is 14.4 Å². The molecule has 8 nitrogen and oxygen atoms in total. The molecule has 0 unspecified atom stereocenters. The molecule has 2 amide bonds. The van der Waals surface area contributed by atoms with E-state index in [4.69, 9.17) is 4.74 Å². The summed E-state index contributed by atoms with van der Waals surface area (Å²) in [5.41, 5.74) is 1.07. The first-order valence-corrected chi connectivity index (χ1v) is 14.4. The second kappa shape index (κ2) is 13.4. The summed E-state index contributed by atoms with van der Waals surface area (Å²) in [6, 6.07) is 21.0. The van der Waals surface area contributed by atoms with E-state index < -0.39 is 28.5 Å². The van der Waals surface area contributed by atoms with Crippen molar-refractivity contribution in [3.8, 4) is 5.75 Å². The maximum absolute atomic E-state index is 13.8. The van der Waals surface area contributed by atoms with Gasteiger partial charge >= 0.3 is 0 Å². The Hall–Kier alpha value is -3.37. The highest BCUT2D eigenvalue weighted by atomic mass is 79.9. The summed E-state index contributed by atoms with van der Waals surface area (Å²) in [6.07, 6.45) is 0.748. The van der Waals surface area contributed by atoms with Gasteiger partial charge in [-0.3, -0.25) is 13.9 Å². The van der Waals surface area contributed by atoms with Crippen LogP contribution in [0.25, 0.3) is 0 Å². The van der Waals surface area contributed by atoms with Gasteiger partial charge in [-0.05, 0) is 55.3 Å². The molecule has 0 aliphatic heterocycles. The molecule has 3 aromatic rings. The van der Waals surface area contributed by atoms with Gasteiger partial charge in [-0.2, -0.15) is 0 Å². The molecule has 1 N–H and O–H groups in total. The van der Waals surface area contributed by atoms with Crippen LogP contribution in [0, 0.1) is 0 Å². The first-order chi connectivity index (χ1) is 18.2. The van der Waals surface area contributed by atoms with E-state index in [0.29, 0.717) is 12.3 Å². The highest BCUT2D eigenvalue weighted by Gasteiger charge is 2.32. The lowest BCUT2D eigenvalue weighted by Gasteiger charge is -2.32. The monoisotopic (exact) mass is 601 g/mol. The third kappa shape index (κ3) is 7.35. The maximum Gasteiger partial charge on any atom is 0.264 e. The number of ether oxygens (including phenoxy) is 1. The van der Waals surface area contributed by atoms with Crippen LogP contribution in [0.2, 0.25) is 0 Å². The van der Waals surface area contributed by atoms with E-state index in [9.17, 15) is 18.0 Å². The van der Waals surface area contributed by atoms with Gasteiger partial charge in [0.25, 0.3) is 10.0 Å². The van der Waals surface area contributed by atoms with Crippen molar-refractivity contribution in [3.05, 3.63) is 88.9 Å². The third-order valence-electron chi connectivity index (χ3n) is 5.93. The predicted octanol–water partition coefficient (Wildman–Crippen LogP) is 4.60. The predicted molar refractivity (Wildman–Crippen MR) is 151 cm³/mol. The van der Waals surface area contributed by atoms with Crippen molar-refractivity contribution in [1.82, 2.24) is 10.2 Å². The standard InChI is InChI=1S/C28H32BrN3O5S/c1-4-17-30-28(34)21(2)31(19-22-13-15-23(29)16-14-22)27(33)20-32(24-9-8-10-25(18-24)37-3)38(35,36)26-11-6-5-7-12-26/h5-16,18,21H,4,17,19-20H2,1-3H3,(H,30,34)/t21-/m1/s1. The number of carbonyl (C=O) groups excluding carboxylic acids is 2. The molecule has 0 heterocycles. The number of carbonyl (C=O) groups is 2. The summed E-state index contributed by atoms with van der Waals surface area (Å²) in [5, 5.41) is 2.83. The van der Waals surface area contributed by atoms with Gasteiger partial charge in [-0.25, -0.2) is 8.42 Å². The van der Waals surface area contributed by atoms with Crippen molar-refractivity contribution >= 4 is 43.5 Å². The summed E-state index contributed by atoms with van der Waals surface area (Å²) < 4.78 is 34.8. The minimum Gasteiger partial charge on any atom is -0.497 e. The normalized spacial score (nSPS) is 11.9. The number of nitrogens with zero attached hydrogens (tertiary/aromatic N) is 2. The van der Waals surface area contributed by atoms with Crippen LogP contribution in [0.3, 0.4) is 0 Å². The number of nitrogens with one attached hydrogen (secondary N) is 1. The molecule has 0 fully saturated rings. The van der Waals surface area contributed by atoms with Crippen molar-refractivity contribution in [2.75, 3.05) is 24.5 Å². The highest BCUT2D eigenvalue weighted by Crippen LogP contribution is 2.27. The summed E-state index contributed by atoms with van der Waals surface area (Å²) >= 11 is 3.41. The van der Waals surface area contributed by atoms with Crippen molar-refractivity contribution in [3.63, 3.8) is 0 Å². The fraction of sp³-hybridized carbons (Fsp3) is 0.286. The van der Waals surface area contributed by atoms with Crippen LogP contribution in [-0.2, 0) is 26.2 Å². The average Bonchev–Trinajstić information content (AvgIpc) is 2.94. The lowest BCUT2D eigenvalue weighted by Crippen LogP contribution is -2.51. The van der Waals surface area contributed by atoms with E-state index in [2.05, 4.69) is 21.2 Å². The smallest absolute Gasteiger partial charge is 0.264 e. The number of benzene rings is 3. The largest absolute Gasteiger partial charge is 0.497 e. The zero-order chi connectivity index (χ0) is 27.7. The molecule has 0 bridgehead atoms. The fourth-order valence-corrected chi connectivity index (χ4v) is 5.47. The van der Waals surface area contributed by atoms with Crippen molar-refractivity contribution < 1.29 is 22.7 Å². The molecule has 38 heavy (non-hydrogen) atoms. The van der Waals surface area contributed by atoms with E-state index in [1.54, 1.807) is 49.4 Å². The third-order valence-corrected chi connectivity index (χ3v) is 8.25. The van der Waals surface area contributed by atoms with E-state index in [0.717, 1.165) is 20.8 Å². The maximum atomic E-state index is 13.8. The minimum atomic E-state index is -4.12. The summed E-state index contributed by atoms with van der Waals surface area (Å²) in [7, 11) is -2.64. The van der Waals surface area contributed by atoms with Crippen molar-refractivity contribution in [2.24, 2.45) is 0 Å². The molecular weight excluding hydrogens is 570 g/mol. The summed E-state index contributed by atoms with van der Waals surface area (Å²) in [5.74, 6) is -0.382. The summed E-state index contributed by atoms with van der Waals surface area (Å²) in [6.45, 7) is 3.68. The Labute approximate surface area is 232 Å². The molecule has 0 aliphatic rings. The SMILES string of the molecule is CCCNC(=O)[C@@H](C)N(Cc1ccc(Br)cc1)C(=O)CN(c1cccc(OC)c1)S(=O)(=O)c1ccccc1. The lowest BCUT2D eigenvalue weighted by molar-refractivity contribution is -0.139. The van der Waals surface area contributed by atoms with Gasteiger partial charge in [0, 0.05) is 23.6 Å². The molecule has 0 saturated heterocycles. The van der Waals surface area contributed by atoms with Crippen molar-refractivity contribution in [1.29, 1.82) is 0 Å². The molecule has 0 aliphatic carbocycles. The fourth-order valence-electron chi connectivity index (χ4n) is 3.78. The van der Waals surface area contributed by atoms with Crippen LogP contribution in [0.1, 0.15) is 25.8 Å². The van der Waals surface area contributed by atoms with Gasteiger partial charge in [-0.1, -0.05) is 59.3 Å². The van der Waals surface area contributed by atoms with Gasteiger partial charge in [0.1, 0.15) is 18.3 Å². The van der Waals surface area contributed by atoms with E-state index >= 15 is 0 Å². The second-order valence-electron chi connectivity index (χ2n) is 8.64. The topological polar surface area (TPSA) is 96.0 Å². The number of halogens is 1. The lowest BCUT2D eigenvalue weighted by atomic mass is 10.1. The zero-order valence-electron chi connectivity index (χ0n) is 21.6. The molecule has 1 atom stereocenters. The van der Waals surface area contributed by atoms with Crippen LogP contribution >= 0.6 is 15.9 Å². The number of hydrogen-bond acceptors (Lipinski definition) is 5. The number of rotatable bonds is 12. The first-order valence-electron chi connectivity index (χ1n) is 12.2. The van der Waals surface area contributed by atoms with E-state index in [1.165, 1.54) is 24.1 Å². The Bertz CT molecular complexity index is 1330. The Morgan fingerprint density at radius 2 is 1.68 bits per heavy atom. The second-order valence-corrected chi connectivity index (χ2v) is 11.4. The quantitative estimate of drug-likeness (QED) is 0.327. The molecule has 3 rings (SSSR count). The highest BCUT2D eigenvalue weighted by molar-refractivity contribution is 9.10. The Kier molecular flexibility index (Phi) is 10.3. The molecule has 0 spiro atoms. The molecule has 202 valence electrons. The minimum absolute atomic E-state index is 0.0452. The molecule has 0 radical (unpaired) electrons. The number of amides is 2. The van der Waals surface area contributed by atoms with Gasteiger partial charge in [-0.15, -0.1) is 0 Å². The summed E-state index contributed by atoms with van der Waals surface area (Å²) in [4.78, 5) is 28.2. The number of methoxy groups -OCH3 is 1. The molecule has 3 aromatic carbocycles.